The van der Waals surface area contributed by atoms with Crippen LogP contribution in [0, 0.1) is 5.92 Å². The van der Waals surface area contributed by atoms with E-state index >= 15 is 0 Å². The monoisotopic (exact) mass is 261 g/mol. The normalized spacial score (nSPS) is 18.1. The molecule has 1 fully saturated rings. The Kier molecular flexibility index (Phi) is 5.41. The number of rotatable bonds is 6. The van der Waals surface area contributed by atoms with Gasteiger partial charge in [-0.1, -0.05) is 51.0 Å². The summed E-state index contributed by atoms with van der Waals surface area (Å²) in [5.74, 6) is 0.691. The number of benzene rings is 1. The summed E-state index contributed by atoms with van der Waals surface area (Å²) >= 11 is 0. The van der Waals surface area contributed by atoms with Gasteiger partial charge in [-0.15, -0.1) is 0 Å². The van der Waals surface area contributed by atoms with Gasteiger partial charge in [-0.3, -0.25) is 0 Å². The van der Waals surface area contributed by atoms with Crippen LogP contribution >= 0.6 is 0 Å². The first-order chi connectivity index (χ1) is 9.19. The van der Waals surface area contributed by atoms with E-state index in [0.29, 0.717) is 12.0 Å². The molecule has 1 aliphatic carbocycles. The fourth-order valence-corrected chi connectivity index (χ4v) is 2.99. The molecule has 2 nitrogen and oxygen atoms in total. The summed E-state index contributed by atoms with van der Waals surface area (Å²) in [5, 5.41) is 13.2. The number of hydrogen-bond donors (Lipinski definition) is 2. The van der Waals surface area contributed by atoms with Gasteiger partial charge in [0, 0.05) is 6.04 Å². The fourth-order valence-electron chi connectivity index (χ4n) is 2.99. The van der Waals surface area contributed by atoms with Gasteiger partial charge in [0.1, 0.15) is 0 Å². The molecule has 1 atom stereocenters. The van der Waals surface area contributed by atoms with Crippen molar-refractivity contribution < 1.29 is 5.11 Å². The molecule has 1 unspecified atom stereocenters. The Balaban J connectivity index is 1.97. The van der Waals surface area contributed by atoms with Gasteiger partial charge < -0.3 is 10.4 Å². The molecule has 2 rings (SSSR count). The van der Waals surface area contributed by atoms with Crippen molar-refractivity contribution in [3.63, 3.8) is 0 Å². The maximum Gasteiger partial charge on any atom is 0.0626 e. The van der Waals surface area contributed by atoms with E-state index in [-0.39, 0.29) is 12.6 Å². The van der Waals surface area contributed by atoms with Gasteiger partial charge >= 0.3 is 0 Å². The zero-order valence-corrected chi connectivity index (χ0v) is 12.2. The second-order valence-electron chi connectivity index (χ2n) is 6.22. The van der Waals surface area contributed by atoms with Crippen molar-refractivity contribution in [2.24, 2.45) is 5.92 Å². The first kappa shape index (κ1) is 14.5. The molecule has 0 bridgehead atoms. The van der Waals surface area contributed by atoms with Crippen molar-refractivity contribution in [2.75, 3.05) is 6.61 Å². The highest BCUT2D eigenvalue weighted by atomic mass is 16.3. The molecule has 0 spiro atoms. The van der Waals surface area contributed by atoms with Gasteiger partial charge in [0.15, 0.2) is 0 Å². The molecule has 1 aliphatic rings. The van der Waals surface area contributed by atoms with E-state index in [4.69, 9.17) is 0 Å². The molecule has 1 aromatic carbocycles. The lowest BCUT2D eigenvalue weighted by Crippen LogP contribution is -2.32. The standard InChI is InChI=1S/C17H27NO/c1-13(2)11-14-7-9-15(10-8-14)17(12-19)18-16-5-3-4-6-16/h7-10,13,16-19H,3-6,11-12H2,1-2H3. The molecule has 1 saturated carbocycles. The number of aliphatic hydroxyl groups is 1. The molecular formula is C17H27NO. The topological polar surface area (TPSA) is 32.3 Å². The van der Waals surface area contributed by atoms with Crippen LogP contribution in [0.4, 0.5) is 0 Å². The third-order valence-corrected chi connectivity index (χ3v) is 4.00. The molecule has 0 aromatic heterocycles. The largest absolute Gasteiger partial charge is 0.394 e. The summed E-state index contributed by atoms with van der Waals surface area (Å²) in [7, 11) is 0. The first-order valence-electron chi connectivity index (χ1n) is 7.64. The van der Waals surface area contributed by atoms with E-state index in [0.717, 1.165) is 6.42 Å². The Hall–Kier alpha value is -0.860. The zero-order chi connectivity index (χ0) is 13.7. The Morgan fingerprint density at radius 2 is 1.79 bits per heavy atom. The molecule has 0 aliphatic heterocycles. The lowest BCUT2D eigenvalue weighted by atomic mass is 9.99. The molecule has 19 heavy (non-hydrogen) atoms. The maximum atomic E-state index is 9.59. The van der Waals surface area contributed by atoms with Crippen molar-refractivity contribution in [2.45, 2.75) is 58.0 Å². The summed E-state index contributed by atoms with van der Waals surface area (Å²) in [4.78, 5) is 0. The molecular weight excluding hydrogens is 234 g/mol. The lowest BCUT2D eigenvalue weighted by Gasteiger charge is -2.21. The lowest BCUT2D eigenvalue weighted by molar-refractivity contribution is 0.233. The number of hydrogen-bond acceptors (Lipinski definition) is 2. The Labute approximate surface area is 117 Å². The predicted molar refractivity (Wildman–Crippen MR) is 80.2 cm³/mol. The molecule has 2 heteroatoms. The highest BCUT2D eigenvalue weighted by molar-refractivity contribution is 5.25. The van der Waals surface area contributed by atoms with Crippen LogP contribution in [0.5, 0.6) is 0 Å². The SMILES string of the molecule is CC(C)Cc1ccc(C(CO)NC2CCCC2)cc1. The Morgan fingerprint density at radius 3 is 2.32 bits per heavy atom. The van der Waals surface area contributed by atoms with Crippen LogP contribution in [-0.2, 0) is 6.42 Å². The minimum atomic E-state index is 0.0937. The van der Waals surface area contributed by atoms with E-state index in [9.17, 15) is 5.11 Å². The van der Waals surface area contributed by atoms with E-state index < -0.39 is 0 Å². The van der Waals surface area contributed by atoms with Crippen molar-refractivity contribution in [1.82, 2.24) is 5.32 Å². The van der Waals surface area contributed by atoms with Crippen molar-refractivity contribution in [1.29, 1.82) is 0 Å². The molecule has 0 amide bonds. The van der Waals surface area contributed by atoms with Gasteiger partial charge in [0.05, 0.1) is 12.6 Å². The highest BCUT2D eigenvalue weighted by Crippen LogP contribution is 2.22. The van der Waals surface area contributed by atoms with E-state index in [2.05, 4.69) is 43.4 Å². The van der Waals surface area contributed by atoms with Crippen LogP contribution in [0.3, 0.4) is 0 Å². The fraction of sp³-hybridized carbons (Fsp3) is 0.647. The predicted octanol–water partition coefficient (Wildman–Crippen LogP) is 3.45. The third kappa shape index (κ3) is 4.32. The number of nitrogens with one attached hydrogen (secondary N) is 1. The highest BCUT2D eigenvalue weighted by Gasteiger charge is 2.19. The van der Waals surface area contributed by atoms with Crippen LogP contribution in [0.2, 0.25) is 0 Å². The molecule has 0 heterocycles. The molecule has 0 saturated heterocycles. The second kappa shape index (κ2) is 7.06. The van der Waals surface area contributed by atoms with Gasteiger partial charge in [0.25, 0.3) is 0 Å². The van der Waals surface area contributed by atoms with Crippen LogP contribution in [0.25, 0.3) is 0 Å². The van der Waals surface area contributed by atoms with E-state index in [1.165, 1.54) is 36.8 Å². The molecule has 1 aromatic rings. The molecule has 106 valence electrons. The summed E-state index contributed by atoms with van der Waals surface area (Å²) in [6.07, 6.45) is 6.27. The van der Waals surface area contributed by atoms with Gasteiger partial charge in [0.2, 0.25) is 0 Å². The smallest absolute Gasteiger partial charge is 0.0626 e. The summed E-state index contributed by atoms with van der Waals surface area (Å²) in [6.45, 7) is 4.66. The Morgan fingerprint density at radius 1 is 1.16 bits per heavy atom. The molecule has 0 radical (unpaired) electrons. The first-order valence-corrected chi connectivity index (χ1v) is 7.64. The van der Waals surface area contributed by atoms with Crippen LogP contribution < -0.4 is 5.32 Å². The summed E-state index contributed by atoms with van der Waals surface area (Å²) in [5.41, 5.74) is 2.60. The second-order valence-corrected chi connectivity index (χ2v) is 6.22. The average Bonchev–Trinajstić information content (AvgIpc) is 2.89. The van der Waals surface area contributed by atoms with Crippen molar-refractivity contribution >= 4 is 0 Å². The van der Waals surface area contributed by atoms with Gasteiger partial charge in [-0.25, -0.2) is 0 Å². The van der Waals surface area contributed by atoms with E-state index in [1.807, 2.05) is 0 Å². The maximum absolute atomic E-state index is 9.59. The van der Waals surface area contributed by atoms with Crippen molar-refractivity contribution in [3.05, 3.63) is 35.4 Å². The zero-order valence-electron chi connectivity index (χ0n) is 12.2. The van der Waals surface area contributed by atoms with Crippen LogP contribution in [0.15, 0.2) is 24.3 Å². The van der Waals surface area contributed by atoms with Crippen molar-refractivity contribution in [3.8, 4) is 0 Å². The summed E-state index contributed by atoms with van der Waals surface area (Å²) in [6, 6.07) is 9.42. The quantitative estimate of drug-likeness (QED) is 0.822. The minimum absolute atomic E-state index is 0.0937. The third-order valence-electron chi connectivity index (χ3n) is 4.00. The Bertz CT molecular complexity index is 365. The van der Waals surface area contributed by atoms with Crippen LogP contribution in [-0.4, -0.2) is 17.8 Å². The molecule has 2 N–H and O–H groups in total. The minimum Gasteiger partial charge on any atom is -0.394 e. The number of aliphatic hydroxyl groups excluding tert-OH is 1. The average molecular weight is 261 g/mol. The van der Waals surface area contributed by atoms with Crippen LogP contribution in [0.1, 0.15) is 56.7 Å². The van der Waals surface area contributed by atoms with Gasteiger partial charge in [-0.05, 0) is 36.3 Å². The van der Waals surface area contributed by atoms with E-state index in [1.54, 1.807) is 0 Å². The van der Waals surface area contributed by atoms with Gasteiger partial charge in [-0.2, -0.15) is 0 Å². The summed E-state index contributed by atoms with van der Waals surface area (Å²) < 4.78 is 0.